The fourth-order valence-corrected chi connectivity index (χ4v) is 2.15. The summed E-state index contributed by atoms with van der Waals surface area (Å²) in [6.45, 7) is 0. The second kappa shape index (κ2) is 5.03. The molecule has 0 unspecified atom stereocenters. The lowest BCUT2D eigenvalue weighted by molar-refractivity contribution is -0.384. The highest BCUT2D eigenvalue weighted by Crippen LogP contribution is 2.28. The van der Waals surface area contributed by atoms with Gasteiger partial charge in [-0.3, -0.25) is 10.1 Å². The van der Waals surface area contributed by atoms with E-state index in [0.717, 1.165) is 25.7 Å². The molecule has 5 heteroatoms. The molecule has 92 valence electrons. The quantitative estimate of drug-likeness (QED) is 0.497. The fourth-order valence-electron chi connectivity index (χ4n) is 2.15. The summed E-state index contributed by atoms with van der Waals surface area (Å²) in [5, 5.41) is 10.7. The minimum atomic E-state index is -0.454. The van der Waals surface area contributed by atoms with Crippen molar-refractivity contribution in [2.45, 2.75) is 38.2 Å². The monoisotopic (exact) mass is 236 g/mol. The summed E-state index contributed by atoms with van der Waals surface area (Å²) in [6.07, 6.45) is 5.77. The molecule has 5 nitrogen and oxygen atoms in total. The molecular weight excluding hydrogens is 220 g/mol. The van der Waals surface area contributed by atoms with Gasteiger partial charge in [-0.1, -0.05) is 6.42 Å². The van der Waals surface area contributed by atoms with Crippen molar-refractivity contribution in [1.29, 1.82) is 0 Å². The summed E-state index contributed by atoms with van der Waals surface area (Å²) in [5.74, 6) is 0.503. The summed E-state index contributed by atoms with van der Waals surface area (Å²) >= 11 is 0. The number of hydrogen-bond acceptors (Lipinski definition) is 4. The molecule has 0 aliphatic heterocycles. The Morgan fingerprint density at radius 1 is 1.24 bits per heavy atom. The van der Waals surface area contributed by atoms with Crippen LogP contribution in [0.3, 0.4) is 0 Å². The van der Waals surface area contributed by atoms with Crippen molar-refractivity contribution < 1.29 is 9.66 Å². The number of non-ortho nitro benzene ring substituents is 1. The molecule has 1 aliphatic carbocycles. The van der Waals surface area contributed by atoms with Gasteiger partial charge in [0.25, 0.3) is 5.69 Å². The fraction of sp³-hybridized carbons (Fsp3) is 0.500. The van der Waals surface area contributed by atoms with Crippen molar-refractivity contribution in [1.82, 2.24) is 0 Å². The Bertz CT molecular complexity index is 414. The van der Waals surface area contributed by atoms with E-state index >= 15 is 0 Å². The SMILES string of the molecule is Nc1cc(OC2CCCCC2)cc([N+](=O)[O-])c1. The molecule has 17 heavy (non-hydrogen) atoms. The molecule has 0 aromatic heterocycles. The van der Waals surface area contributed by atoms with E-state index < -0.39 is 4.92 Å². The number of benzene rings is 1. The first-order valence-electron chi connectivity index (χ1n) is 5.87. The van der Waals surface area contributed by atoms with E-state index in [1.165, 1.54) is 18.6 Å². The minimum Gasteiger partial charge on any atom is -0.490 e. The molecule has 1 saturated carbocycles. The van der Waals surface area contributed by atoms with Gasteiger partial charge in [0, 0.05) is 17.8 Å². The van der Waals surface area contributed by atoms with Gasteiger partial charge in [0.05, 0.1) is 17.1 Å². The lowest BCUT2D eigenvalue weighted by atomic mass is 9.98. The van der Waals surface area contributed by atoms with E-state index in [1.54, 1.807) is 6.07 Å². The van der Waals surface area contributed by atoms with Crippen molar-refractivity contribution >= 4 is 11.4 Å². The van der Waals surface area contributed by atoms with Crippen molar-refractivity contribution in [3.8, 4) is 5.75 Å². The average Bonchev–Trinajstić information content (AvgIpc) is 2.29. The van der Waals surface area contributed by atoms with Crippen molar-refractivity contribution in [3.63, 3.8) is 0 Å². The van der Waals surface area contributed by atoms with Crippen LogP contribution in [0.15, 0.2) is 18.2 Å². The first-order valence-corrected chi connectivity index (χ1v) is 5.87. The molecule has 1 aliphatic rings. The molecule has 0 atom stereocenters. The summed E-state index contributed by atoms with van der Waals surface area (Å²) in [5.41, 5.74) is 5.97. The van der Waals surface area contributed by atoms with Crippen molar-refractivity contribution in [2.75, 3.05) is 5.73 Å². The molecule has 0 amide bonds. The number of nitro benzene ring substituents is 1. The third-order valence-corrected chi connectivity index (χ3v) is 2.98. The molecule has 2 rings (SSSR count). The van der Waals surface area contributed by atoms with E-state index in [1.807, 2.05) is 0 Å². The van der Waals surface area contributed by atoms with Crippen LogP contribution in [0.4, 0.5) is 11.4 Å². The molecule has 0 heterocycles. The van der Waals surface area contributed by atoms with Gasteiger partial charge in [0.15, 0.2) is 0 Å². The zero-order chi connectivity index (χ0) is 12.3. The summed E-state index contributed by atoms with van der Waals surface area (Å²) in [6, 6.07) is 4.42. The highest BCUT2D eigenvalue weighted by Gasteiger charge is 2.16. The van der Waals surface area contributed by atoms with Gasteiger partial charge in [-0.15, -0.1) is 0 Å². The lowest BCUT2D eigenvalue weighted by Crippen LogP contribution is -2.19. The van der Waals surface area contributed by atoms with Gasteiger partial charge in [-0.05, 0) is 25.7 Å². The Morgan fingerprint density at radius 2 is 1.94 bits per heavy atom. The first-order chi connectivity index (χ1) is 8.15. The van der Waals surface area contributed by atoms with Crippen LogP contribution in [0.2, 0.25) is 0 Å². The van der Waals surface area contributed by atoms with Gasteiger partial charge < -0.3 is 10.5 Å². The third kappa shape index (κ3) is 3.09. The Morgan fingerprint density at radius 3 is 2.59 bits per heavy atom. The number of rotatable bonds is 3. The normalized spacial score (nSPS) is 16.7. The van der Waals surface area contributed by atoms with Crippen LogP contribution in [0.25, 0.3) is 0 Å². The number of nitrogens with zero attached hydrogens (tertiary/aromatic N) is 1. The topological polar surface area (TPSA) is 78.4 Å². The van der Waals surface area contributed by atoms with Crippen LogP contribution in [0, 0.1) is 10.1 Å². The minimum absolute atomic E-state index is 0.0178. The molecule has 1 aromatic rings. The molecule has 1 fully saturated rings. The zero-order valence-corrected chi connectivity index (χ0v) is 9.59. The Balaban J connectivity index is 2.11. The largest absolute Gasteiger partial charge is 0.490 e. The maximum Gasteiger partial charge on any atom is 0.275 e. The van der Waals surface area contributed by atoms with Crippen molar-refractivity contribution in [2.24, 2.45) is 0 Å². The summed E-state index contributed by atoms with van der Waals surface area (Å²) < 4.78 is 5.74. The average molecular weight is 236 g/mol. The van der Waals surface area contributed by atoms with Crippen LogP contribution in [-0.2, 0) is 0 Å². The Labute approximate surface area is 99.7 Å². The number of nitrogens with two attached hydrogens (primary N) is 1. The van der Waals surface area contributed by atoms with Gasteiger partial charge in [0.2, 0.25) is 0 Å². The van der Waals surface area contributed by atoms with E-state index in [2.05, 4.69) is 0 Å². The number of nitro groups is 1. The first kappa shape index (κ1) is 11.7. The highest BCUT2D eigenvalue weighted by molar-refractivity contribution is 5.53. The maximum absolute atomic E-state index is 10.7. The Kier molecular flexibility index (Phi) is 3.46. The zero-order valence-electron chi connectivity index (χ0n) is 9.59. The second-order valence-electron chi connectivity index (χ2n) is 4.40. The van der Waals surface area contributed by atoms with Crippen LogP contribution in [0.1, 0.15) is 32.1 Å². The predicted molar refractivity (Wildman–Crippen MR) is 65.0 cm³/mol. The molecule has 0 radical (unpaired) electrons. The summed E-state index contributed by atoms with van der Waals surface area (Å²) in [4.78, 5) is 10.2. The predicted octanol–water partition coefficient (Wildman–Crippen LogP) is 2.89. The smallest absolute Gasteiger partial charge is 0.275 e. The van der Waals surface area contributed by atoms with Crippen LogP contribution < -0.4 is 10.5 Å². The number of ether oxygens (including phenoxy) is 1. The van der Waals surface area contributed by atoms with Crippen LogP contribution in [-0.4, -0.2) is 11.0 Å². The molecule has 0 spiro atoms. The lowest BCUT2D eigenvalue weighted by Gasteiger charge is -2.22. The molecule has 0 bridgehead atoms. The summed E-state index contributed by atoms with van der Waals surface area (Å²) in [7, 11) is 0. The van der Waals surface area contributed by atoms with Crippen molar-refractivity contribution in [3.05, 3.63) is 28.3 Å². The van der Waals surface area contributed by atoms with E-state index in [4.69, 9.17) is 10.5 Å². The van der Waals surface area contributed by atoms with E-state index in [9.17, 15) is 10.1 Å². The third-order valence-electron chi connectivity index (χ3n) is 2.98. The molecule has 0 saturated heterocycles. The molecular formula is C12H16N2O3. The maximum atomic E-state index is 10.7. The number of anilines is 1. The highest BCUT2D eigenvalue weighted by atomic mass is 16.6. The van der Waals surface area contributed by atoms with Crippen LogP contribution in [0.5, 0.6) is 5.75 Å². The van der Waals surface area contributed by atoms with E-state index in [0.29, 0.717) is 11.4 Å². The van der Waals surface area contributed by atoms with Crippen LogP contribution >= 0.6 is 0 Å². The van der Waals surface area contributed by atoms with Gasteiger partial charge >= 0.3 is 0 Å². The molecule has 1 aromatic carbocycles. The molecule has 2 N–H and O–H groups in total. The Hall–Kier alpha value is -1.78. The van der Waals surface area contributed by atoms with E-state index in [-0.39, 0.29) is 11.8 Å². The number of nitrogen functional groups attached to an aromatic ring is 1. The standard InChI is InChI=1S/C12H16N2O3/c13-9-6-10(14(15)16)8-12(7-9)17-11-4-2-1-3-5-11/h6-8,11H,1-5,13H2. The number of hydrogen-bond donors (Lipinski definition) is 1. The second-order valence-corrected chi connectivity index (χ2v) is 4.40. The van der Waals surface area contributed by atoms with Gasteiger partial charge in [0.1, 0.15) is 5.75 Å². The van der Waals surface area contributed by atoms with Gasteiger partial charge in [-0.25, -0.2) is 0 Å². The van der Waals surface area contributed by atoms with Gasteiger partial charge in [-0.2, -0.15) is 0 Å².